The van der Waals surface area contributed by atoms with Crippen LogP contribution in [0.4, 0.5) is 5.69 Å². The normalized spacial score (nSPS) is 13.1. The fraction of sp³-hybridized carbons (Fsp3) is 0.222. The van der Waals surface area contributed by atoms with E-state index < -0.39 is 21.2 Å². The summed E-state index contributed by atoms with van der Waals surface area (Å²) in [4.78, 5) is 10.6. The highest BCUT2D eigenvalue weighted by molar-refractivity contribution is 9.10. The average molecular weight is 343 g/mol. The van der Waals surface area contributed by atoms with Crippen molar-refractivity contribution in [1.29, 1.82) is 0 Å². The van der Waals surface area contributed by atoms with Crippen LogP contribution in [0, 0.1) is 0 Å². The van der Waals surface area contributed by atoms with Gasteiger partial charge in [0.2, 0.25) is 10.0 Å². The van der Waals surface area contributed by atoms with Crippen LogP contribution >= 0.6 is 27.5 Å². The lowest BCUT2D eigenvalue weighted by molar-refractivity contribution is -0.136. The minimum Gasteiger partial charge on any atom is -0.480 e. The van der Waals surface area contributed by atoms with Gasteiger partial charge in [-0.3, -0.25) is 9.52 Å². The number of carboxylic acids is 1. The molecule has 8 heteroatoms. The van der Waals surface area contributed by atoms with Gasteiger partial charge in [-0.15, -0.1) is 0 Å². The second kappa shape index (κ2) is 5.24. The molecule has 1 rings (SSSR count). The number of sulfonamides is 1. The number of carbonyl (C=O) groups is 1. The van der Waals surface area contributed by atoms with E-state index in [0.29, 0.717) is 9.50 Å². The number of hydrogen-bond acceptors (Lipinski definition) is 3. The zero-order valence-corrected chi connectivity index (χ0v) is 11.8. The van der Waals surface area contributed by atoms with Crippen molar-refractivity contribution in [3.05, 3.63) is 27.7 Å². The molecule has 0 bridgehead atoms. The summed E-state index contributed by atoms with van der Waals surface area (Å²) in [5.41, 5.74) is 0.214. The topological polar surface area (TPSA) is 83.5 Å². The van der Waals surface area contributed by atoms with Crippen LogP contribution in [0.15, 0.2) is 22.7 Å². The summed E-state index contributed by atoms with van der Waals surface area (Å²) in [5.74, 6) is -1.42. The molecular formula is C9H9BrClNO4S. The van der Waals surface area contributed by atoms with E-state index in [2.05, 4.69) is 20.7 Å². The zero-order chi connectivity index (χ0) is 13.2. The quantitative estimate of drug-likeness (QED) is 0.879. The van der Waals surface area contributed by atoms with Gasteiger partial charge in [-0.2, -0.15) is 0 Å². The standard InChI is InChI=1S/C9H9BrClNO4S/c1-5(9(13)14)17(15,16)12-6-2-3-7(10)8(11)4-6/h2-5,12H,1H3,(H,13,14). The van der Waals surface area contributed by atoms with Crippen molar-refractivity contribution < 1.29 is 18.3 Å². The van der Waals surface area contributed by atoms with Gasteiger partial charge >= 0.3 is 5.97 Å². The van der Waals surface area contributed by atoms with Crippen LogP contribution < -0.4 is 4.72 Å². The van der Waals surface area contributed by atoms with Crippen LogP contribution in [0.1, 0.15) is 6.92 Å². The van der Waals surface area contributed by atoms with Gasteiger partial charge in [-0.05, 0) is 41.1 Å². The summed E-state index contributed by atoms with van der Waals surface area (Å²) >= 11 is 8.94. The Morgan fingerprint density at radius 1 is 1.53 bits per heavy atom. The lowest BCUT2D eigenvalue weighted by atomic mass is 10.3. The maximum Gasteiger partial charge on any atom is 0.323 e. The molecule has 17 heavy (non-hydrogen) atoms. The Balaban J connectivity index is 2.98. The average Bonchev–Trinajstić information content (AvgIpc) is 2.22. The molecule has 0 radical (unpaired) electrons. The van der Waals surface area contributed by atoms with Crippen LogP contribution in [-0.4, -0.2) is 24.7 Å². The van der Waals surface area contributed by atoms with Gasteiger partial charge in [0.1, 0.15) is 0 Å². The van der Waals surface area contributed by atoms with E-state index in [9.17, 15) is 13.2 Å². The van der Waals surface area contributed by atoms with Crippen molar-refractivity contribution in [2.45, 2.75) is 12.2 Å². The third-order valence-electron chi connectivity index (χ3n) is 1.99. The molecule has 0 aromatic heterocycles. The summed E-state index contributed by atoms with van der Waals surface area (Å²) in [7, 11) is -3.97. The number of hydrogen-bond donors (Lipinski definition) is 2. The molecule has 1 aromatic carbocycles. The van der Waals surface area contributed by atoms with Gasteiger partial charge in [0.25, 0.3) is 0 Å². The molecule has 0 aliphatic rings. The number of anilines is 1. The Hall–Kier alpha value is -0.790. The molecule has 94 valence electrons. The third-order valence-corrected chi connectivity index (χ3v) is 4.88. The fourth-order valence-electron chi connectivity index (χ4n) is 0.945. The highest BCUT2D eigenvalue weighted by Crippen LogP contribution is 2.26. The Morgan fingerprint density at radius 2 is 2.12 bits per heavy atom. The minimum absolute atomic E-state index is 0.214. The first-order valence-electron chi connectivity index (χ1n) is 4.43. The number of carboxylic acid groups (broad SMARTS) is 1. The number of halogens is 2. The van der Waals surface area contributed by atoms with Crippen molar-refractivity contribution in [2.75, 3.05) is 4.72 Å². The Morgan fingerprint density at radius 3 is 2.59 bits per heavy atom. The molecule has 1 unspecified atom stereocenters. The summed E-state index contributed by atoms with van der Waals surface area (Å²) in [6, 6.07) is 4.42. The molecule has 0 aliphatic heterocycles. The van der Waals surface area contributed by atoms with Gasteiger partial charge in [0.15, 0.2) is 5.25 Å². The van der Waals surface area contributed by atoms with Crippen LogP contribution in [0.25, 0.3) is 0 Å². The van der Waals surface area contributed by atoms with Crippen molar-refractivity contribution in [2.24, 2.45) is 0 Å². The number of nitrogens with one attached hydrogen (secondary N) is 1. The number of aliphatic carboxylic acids is 1. The second-order valence-corrected chi connectivity index (χ2v) is 6.52. The van der Waals surface area contributed by atoms with Gasteiger partial charge in [-0.1, -0.05) is 11.6 Å². The maximum absolute atomic E-state index is 11.6. The fourth-order valence-corrected chi connectivity index (χ4v) is 2.27. The van der Waals surface area contributed by atoms with Crippen molar-refractivity contribution >= 4 is 49.2 Å². The third kappa shape index (κ3) is 3.58. The molecule has 0 fully saturated rings. The first-order valence-corrected chi connectivity index (χ1v) is 7.15. The zero-order valence-electron chi connectivity index (χ0n) is 8.65. The molecule has 0 heterocycles. The summed E-state index contributed by atoms with van der Waals surface area (Å²) < 4.78 is 26.0. The molecule has 0 spiro atoms. The largest absolute Gasteiger partial charge is 0.480 e. The van der Waals surface area contributed by atoms with Crippen LogP contribution in [0.3, 0.4) is 0 Å². The predicted molar refractivity (Wildman–Crippen MR) is 68.8 cm³/mol. The van der Waals surface area contributed by atoms with Crippen molar-refractivity contribution in [1.82, 2.24) is 0 Å². The second-order valence-electron chi connectivity index (χ2n) is 3.26. The lowest BCUT2D eigenvalue weighted by Gasteiger charge is -2.11. The van der Waals surface area contributed by atoms with Gasteiger partial charge in [0, 0.05) is 4.47 Å². The smallest absolute Gasteiger partial charge is 0.323 e. The highest BCUT2D eigenvalue weighted by Gasteiger charge is 2.27. The van der Waals surface area contributed by atoms with E-state index in [4.69, 9.17) is 16.7 Å². The molecule has 0 amide bonds. The predicted octanol–water partition coefficient (Wildman–Crippen LogP) is 2.32. The Labute approximate surface area is 112 Å². The molecule has 1 atom stereocenters. The Kier molecular flexibility index (Phi) is 4.40. The molecule has 1 aromatic rings. The molecular weight excluding hydrogens is 334 g/mol. The summed E-state index contributed by atoms with van der Waals surface area (Å²) in [6.07, 6.45) is 0. The SMILES string of the molecule is CC(C(=O)O)S(=O)(=O)Nc1ccc(Br)c(Cl)c1. The van der Waals surface area contributed by atoms with E-state index >= 15 is 0 Å². The van der Waals surface area contributed by atoms with Crippen LogP contribution in [0.2, 0.25) is 5.02 Å². The lowest BCUT2D eigenvalue weighted by Crippen LogP contribution is -2.32. The first-order chi connectivity index (χ1) is 7.74. The Bertz CT molecular complexity index is 546. The first kappa shape index (κ1) is 14.3. The summed E-state index contributed by atoms with van der Waals surface area (Å²) in [6.45, 7) is 1.09. The molecule has 2 N–H and O–H groups in total. The number of benzene rings is 1. The van der Waals surface area contributed by atoms with Gasteiger partial charge < -0.3 is 5.11 Å². The van der Waals surface area contributed by atoms with E-state index in [1.165, 1.54) is 12.1 Å². The molecule has 0 saturated carbocycles. The van der Waals surface area contributed by atoms with Gasteiger partial charge in [-0.25, -0.2) is 8.42 Å². The monoisotopic (exact) mass is 341 g/mol. The molecule has 5 nitrogen and oxygen atoms in total. The van der Waals surface area contributed by atoms with Crippen molar-refractivity contribution in [3.63, 3.8) is 0 Å². The maximum atomic E-state index is 11.6. The van der Waals surface area contributed by atoms with E-state index in [-0.39, 0.29) is 5.69 Å². The minimum atomic E-state index is -3.97. The highest BCUT2D eigenvalue weighted by atomic mass is 79.9. The van der Waals surface area contributed by atoms with E-state index in [0.717, 1.165) is 6.92 Å². The van der Waals surface area contributed by atoms with E-state index in [1.807, 2.05) is 0 Å². The molecule has 0 saturated heterocycles. The van der Waals surface area contributed by atoms with Gasteiger partial charge in [0.05, 0.1) is 10.7 Å². The van der Waals surface area contributed by atoms with Crippen LogP contribution in [0.5, 0.6) is 0 Å². The van der Waals surface area contributed by atoms with E-state index in [1.54, 1.807) is 6.07 Å². The molecule has 0 aliphatic carbocycles. The van der Waals surface area contributed by atoms with Crippen LogP contribution in [-0.2, 0) is 14.8 Å². The van der Waals surface area contributed by atoms with Crippen molar-refractivity contribution in [3.8, 4) is 0 Å². The number of rotatable bonds is 4. The summed E-state index contributed by atoms with van der Waals surface area (Å²) in [5, 5.41) is 7.43.